The van der Waals surface area contributed by atoms with Gasteiger partial charge in [0.15, 0.2) is 0 Å². The van der Waals surface area contributed by atoms with E-state index in [4.69, 9.17) is 11.6 Å². The van der Waals surface area contributed by atoms with Gasteiger partial charge in [0.25, 0.3) is 0 Å². The Balaban J connectivity index is 2.27. The fourth-order valence-corrected chi connectivity index (χ4v) is 3.48. The molecular weight excluding hydrogens is 364 g/mol. The number of aromatic nitrogens is 1. The van der Waals surface area contributed by atoms with Gasteiger partial charge in [-0.05, 0) is 51.8 Å². The first-order valence-electron chi connectivity index (χ1n) is 5.71. The molecule has 2 rings (SSSR count). The van der Waals surface area contributed by atoms with Gasteiger partial charge in [0, 0.05) is 30.5 Å². The molecule has 20 heavy (non-hydrogen) atoms. The van der Waals surface area contributed by atoms with Crippen LogP contribution in [0.4, 0.5) is 0 Å². The topological polar surface area (TPSA) is 50.3 Å². The van der Waals surface area contributed by atoms with Crippen molar-refractivity contribution in [2.45, 2.75) is 11.4 Å². The van der Waals surface area contributed by atoms with Crippen molar-refractivity contribution in [3.05, 3.63) is 57.8 Å². The Morgan fingerprint density at radius 1 is 1.25 bits per heavy atom. The highest BCUT2D eigenvalue weighted by Gasteiger charge is 2.21. The Morgan fingerprint density at radius 2 is 1.90 bits per heavy atom. The largest absolute Gasteiger partial charge is 0.265 e. The third-order valence-electron chi connectivity index (χ3n) is 2.75. The summed E-state index contributed by atoms with van der Waals surface area (Å²) in [4.78, 5) is 4.10. The number of pyridine rings is 1. The molecule has 4 nitrogen and oxygen atoms in total. The Morgan fingerprint density at radius 3 is 2.50 bits per heavy atom. The number of rotatable bonds is 4. The minimum atomic E-state index is -3.55. The van der Waals surface area contributed by atoms with Crippen molar-refractivity contribution in [1.82, 2.24) is 9.29 Å². The summed E-state index contributed by atoms with van der Waals surface area (Å²) in [5.41, 5.74) is 0.874. The molecule has 0 aliphatic heterocycles. The number of hydrogen-bond donors (Lipinski definition) is 0. The zero-order chi connectivity index (χ0) is 14.8. The maximum absolute atomic E-state index is 12.4. The average molecular weight is 376 g/mol. The van der Waals surface area contributed by atoms with E-state index in [1.54, 1.807) is 30.6 Å². The van der Waals surface area contributed by atoms with Crippen molar-refractivity contribution in [3.8, 4) is 0 Å². The summed E-state index contributed by atoms with van der Waals surface area (Å²) in [6.07, 6.45) is 3.27. The molecule has 7 heteroatoms. The van der Waals surface area contributed by atoms with Crippen molar-refractivity contribution >= 4 is 37.6 Å². The molecule has 0 radical (unpaired) electrons. The molecule has 0 atom stereocenters. The molecule has 106 valence electrons. The zero-order valence-electron chi connectivity index (χ0n) is 10.6. The molecule has 0 bridgehead atoms. The van der Waals surface area contributed by atoms with Crippen LogP contribution in [0.5, 0.6) is 0 Å². The normalized spacial score (nSPS) is 11.8. The molecule has 1 heterocycles. The molecule has 0 N–H and O–H groups in total. The monoisotopic (exact) mass is 374 g/mol. The van der Waals surface area contributed by atoms with Crippen molar-refractivity contribution < 1.29 is 8.42 Å². The minimum Gasteiger partial charge on any atom is -0.265 e. The molecule has 0 aliphatic carbocycles. The smallest absolute Gasteiger partial charge is 0.243 e. The Hall–Kier alpha value is -0.950. The van der Waals surface area contributed by atoms with Gasteiger partial charge in [0.1, 0.15) is 0 Å². The van der Waals surface area contributed by atoms with Gasteiger partial charge < -0.3 is 0 Å². The van der Waals surface area contributed by atoms with E-state index in [1.165, 1.54) is 23.5 Å². The second kappa shape index (κ2) is 6.22. The lowest BCUT2D eigenvalue weighted by Crippen LogP contribution is -2.26. The third kappa shape index (κ3) is 3.38. The molecule has 0 saturated carbocycles. The van der Waals surface area contributed by atoms with Crippen molar-refractivity contribution in [1.29, 1.82) is 0 Å². The van der Waals surface area contributed by atoms with E-state index in [0.717, 1.165) is 5.56 Å². The second-order valence-electron chi connectivity index (χ2n) is 4.19. The van der Waals surface area contributed by atoms with Crippen LogP contribution >= 0.6 is 27.5 Å². The van der Waals surface area contributed by atoms with E-state index >= 15 is 0 Å². The maximum atomic E-state index is 12.4. The lowest BCUT2D eigenvalue weighted by Gasteiger charge is -2.17. The van der Waals surface area contributed by atoms with Gasteiger partial charge in [-0.1, -0.05) is 11.6 Å². The maximum Gasteiger partial charge on any atom is 0.243 e. The van der Waals surface area contributed by atoms with Crippen LogP contribution in [0, 0.1) is 0 Å². The first kappa shape index (κ1) is 15.4. The van der Waals surface area contributed by atoms with Gasteiger partial charge in [-0.3, -0.25) is 4.98 Å². The summed E-state index contributed by atoms with van der Waals surface area (Å²) in [6, 6.07) is 8.11. The lowest BCUT2D eigenvalue weighted by molar-refractivity contribution is 0.466. The van der Waals surface area contributed by atoms with E-state index in [9.17, 15) is 8.42 Å². The van der Waals surface area contributed by atoms with Crippen LogP contribution in [0.15, 0.2) is 52.1 Å². The molecule has 1 aromatic carbocycles. The molecular formula is C13H12BrClN2O2S. The minimum absolute atomic E-state index is 0.199. The zero-order valence-corrected chi connectivity index (χ0v) is 13.8. The summed E-state index contributed by atoms with van der Waals surface area (Å²) in [5, 5.41) is 0.473. The number of sulfonamides is 1. The summed E-state index contributed by atoms with van der Waals surface area (Å²) >= 11 is 9.11. The van der Waals surface area contributed by atoms with Crippen LogP contribution in [-0.4, -0.2) is 24.8 Å². The highest BCUT2D eigenvalue weighted by molar-refractivity contribution is 9.10. The van der Waals surface area contributed by atoms with Crippen molar-refractivity contribution in [3.63, 3.8) is 0 Å². The molecule has 0 spiro atoms. The summed E-state index contributed by atoms with van der Waals surface area (Å²) in [6.45, 7) is 0.283. The number of halogens is 2. The molecule has 0 unspecified atom stereocenters. The van der Waals surface area contributed by atoms with Gasteiger partial charge in [-0.25, -0.2) is 8.42 Å². The summed E-state index contributed by atoms with van der Waals surface area (Å²) < 4.78 is 26.7. The first-order valence-corrected chi connectivity index (χ1v) is 8.32. The van der Waals surface area contributed by atoms with Crippen LogP contribution in [0.3, 0.4) is 0 Å². The standard InChI is InChI=1S/C13H12BrClN2O2S/c1-17(9-10-4-6-16-7-5-10)20(18,19)11-2-3-13(15)12(14)8-11/h2-8H,9H2,1H3. The van der Waals surface area contributed by atoms with Gasteiger partial charge >= 0.3 is 0 Å². The van der Waals surface area contributed by atoms with E-state index in [2.05, 4.69) is 20.9 Å². The lowest BCUT2D eigenvalue weighted by atomic mass is 10.3. The van der Waals surface area contributed by atoms with Crippen LogP contribution in [0.2, 0.25) is 5.02 Å². The highest BCUT2D eigenvalue weighted by Crippen LogP contribution is 2.27. The van der Waals surface area contributed by atoms with Gasteiger partial charge in [-0.15, -0.1) is 0 Å². The molecule has 0 fully saturated rings. The predicted molar refractivity (Wildman–Crippen MR) is 82.0 cm³/mol. The van der Waals surface area contributed by atoms with Crippen molar-refractivity contribution in [2.24, 2.45) is 0 Å². The average Bonchev–Trinajstić information content (AvgIpc) is 2.42. The van der Waals surface area contributed by atoms with Crippen molar-refractivity contribution in [2.75, 3.05) is 7.05 Å². The van der Waals surface area contributed by atoms with Gasteiger partial charge in [0.05, 0.1) is 9.92 Å². The van der Waals surface area contributed by atoms with Crippen LogP contribution in [0.1, 0.15) is 5.56 Å². The number of hydrogen-bond acceptors (Lipinski definition) is 3. The van der Waals surface area contributed by atoms with Crippen LogP contribution in [-0.2, 0) is 16.6 Å². The molecule has 0 amide bonds. The van der Waals surface area contributed by atoms with E-state index in [-0.39, 0.29) is 11.4 Å². The van der Waals surface area contributed by atoms with Crippen LogP contribution in [0.25, 0.3) is 0 Å². The molecule has 0 aliphatic rings. The molecule has 1 aromatic heterocycles. The van der Waals surface area contributed by atoms with Crippen LogP contribution < -0.4 is 0 Å². The second-order valence-corrected chi connectivity index (χ2v) is 7.50. The quantitative estimate of drug-likeness (QED) is 0.823. The van der Waals surface area contributed by atoms with E-state index in [1.807, 2.05) is 0 Å². The first-order chi connectivity index (χ1) is 9.41. The number of benzene rings is 1. The Labute approximate surface area is 131 Å². The fourth-order valence-electron chi connectivity index (χ4n) is 1.65. The Kier molecular flexibility index (Phi) is 4.80. The Bertz CT molecular complexity index is 708. The SMILES string of the molecule is CN(Cc1ccncc1)S(=O)(=O)c1ccc(Cl)c(Br)c1. The predicted octanol–water partition coefficient (Wildman–Crippen LogP) is 3.32. The van der Waals surface area contributed by atoms with E-state index < -0.39 is 10.0 Å². The highest BCUT2D eigenvalue weighted by atomic mass is 79.9. The van der Waals surface area contributed by atoms with E-state index in [0.29, 0.717) is 9.50 Å². The van der Waals surface area contributed by atoms with Gasteiger partial charge in [0.2, 0.25) is 10.0 Å². The molecule has 2 aromatic rings. The number of nitrogens with zero attached hydrogens (tertiary/aromatic N) is 2. The summed E-state index contributed by atoms with van der Waals surface area (Å²) in [7, 11) is -2.01. The summed E-state index contributed by atoms with van der Waals surface area (Å²) in [5.74, 6) is 0. The fraction of sp³-hybridized carbons (Fsp3) is 0.154. The molecule has 0 saturated heterocycles. The van der Waals surface area contributed by atoms with Gasteiger partial charge in [-0.2, -0.15) is 4.31 Å². The third-order valence-corrected chi connectivity index (χ3v) is 5.77.